The number of rotatable bonds is 10. The lowest BCUT2D eigenvalue weighted by atomic mass is 9.99. The summed E-state index contributed by atoms with van der Waals surface area (Å²) in [5, 5.41) is -11.3. The molecular formula is C78H53N3Si. The first-order chi connectivity index (χ1) is 62.8. The number of hydrogen-bond donors (Lipinski definition) is 0. The fourth-order valence-electron chi connectivity index (χ4n) is 9.85. The Morgan fingerprint density at radius 1 is 0.220 bits per heavy atom. The lowest BCUT2D eigenvalue weighted by Crippen LogP contribution is -2.74. The topological polar surface area (TPSA) is 14.8 Å². The maximum absolute atomic E-state index is 11.0. The van der Waals surface area contributed by atoms with Crippen molar-refractivity contribution in [1.29, 1.82) is 0 Å². The van der Waals surface area contributed by atoms with Gasteiger partial charge in [-0.15, -0.1) is 0 Å². The Bertz CT molecular complexity index is 8080. The van der Waals surface area contributed by atoms with Crippen LogP contribution in [0.25, 0.3) is 116 Å². The molecule has 384 valence electrons. The molecule has 0 aliphatic carbocycles. The normalized spacial score (nSPS) is 21.0. The fourth-order valence-corrected chi connectivity index (χ4v) is 13.4. The average Bonchev–Trinajstić information content (AvgIpc) is 1.60. The van der Waals surface area contributed by atoms with Crippen molar-refractivity contribution in [3.63, 3.8) is 0 Å². The predicted octanol–water partition coefficient (Wildman–Crippen LogP) is 17.4. The van der Waals surface area contributed by atoms with Gasteiger partial charge in [0.15, 0.2) is 8.07 Å². The van der Waals surface area contributed by atoms with E-state index >= 15 is 0 Å². The summed E-state index contributed by atoms with van der Waals surface area (Å²) in [6, 6.07) is -67.9. The molecule has 82 heavy (non-hydrogen) atoms. The highest BCUT2D eigenvalue weighted by atomic mass is 28.3. The summed E-state index contributed by atoms with van der Waals surface area (Å²) in [4.78, 5) is 0. The molecular weight excluding hydrogens is 1010 g/mol. The van der Waals surface area contributed by atoms with Crippen LogP contribution in [0.4, 0.5) is 0 Å². The van der Waals surface area contributed by atoms with Gasteiger partial charge in [0, 0.05) is 49.3 Å². The van der Waals surface area contributed by atoms with Gasteiger partial charge in [-0.3, -0.25) is 0 Å². The van der Waals surface area contributed by atoms with Gasteiger partial charge in [-0.1, -0.05) is 242 Å². The molecule has 16 rings (SSSR count). The fraction of sp³-hybridized carbons (Fsp3) is 0. The van der Waals surface area contributed by atoms with E-state index in [2.05, 4.69) is 0 Å². The third-order valence-electron chi connectivity index (χ3n) is 13.3. The van der Waals surface area contributed by atoms with Gasteiger partial charge < -0.3 is 13.7 Å². The summed E-state index contributed by atoms with van der Waals surface area (Å²) in [7, 11) is -6.85. The highest BCUT2D eigenvalue weighted by Crippen LogP contribution is 2.41. The van der Waals surface area contributed by atoms with Gasteiger partial charge in [-0.2, -0.15) is 0 Å². The molecule has 3 aromatic heterocycles. The minimum atomic E-state index is -6.85. The van der Waals surface area contributed by atoms with Crippen molar-refractivity contribution in [1.82, 2.24) is 13.7 Å². The van der Waals surface area contributed by atoms with Crippen LogP contribution in [0.2, 0.25) is 0 Å². The molecule has 13 aromatic carbocycles. The van der Waals surface area contributed by atoms with E-state index < -0.39 is 465 Å². The van der Waals surface area contributed by atoms with Crippen LogP contribution >= 0.6 is 0 Å². The quantitative estimate of drug-likeness (QED) is 0.0958. The molecule has 0 aliphatic rings. The van der Waals surface area contributed by atoms with Crippen molar-refractivity contribution < 1.29 is 72.7 Å². The Labute approximate surface area is 551 Å². The lowest BCUT2D eigenvalue weighted by molar-refractivity contribution is 1.16. The summed E-state index contributed by atoms with van der Waals surface area (Å²) in [5.41, 5.74) is -16.3. The minimum absolute atomic E-state index is 0.372. The number of hydrogen-bond acceptors (Lipinski definition) is 0. The zero-order valence-corrected chi connectivity index (χ0v) is 41.8. The van der Waals surface area contributed by atoms with Crippen LogP contribution in [0.5, 0.6) is 0 Å². The van der Waals surface area contributed by atoms with E-state index in [4.69, 9.17) is 28.8 Å². The summed E-state index contributed by atoms with van der Waals surface area (Å²) >= 11 is 0. The van der Waals surface area contributed by atoms with Gasteiger partial charge >= 0.3 is 0 Å². The van der Waals surface area contributed by atoms with Crippen LogP contribution < -0.4 is 20.7 Å². The molecule has 0 fully saturated rings. The third kappa shape index (κ3) is 7.50. The first-order valence-corrected chi connectivity index (χ1v) is 26.0. The largest absolute Gasteiger partial charge is 0.309 e. The van der Waals surface area contributed by atoms with Crippen molar-refractivity contribution in [3.05, 3.63) is 320 Å². The van der Waals surface area contributed by atoms with Gasteiger partial charge in [0.25, 0.3) is 0 Å². The van der Waals surface area contributed by atoms with Crippen molar-refractivity contribution in [3.8, 4) is 50.4 Å². The molecule has 0 spiro atoms. The van der Waals surface area contributed by atoms with Gasteiger partial charge in [-0.05, 0) is 127 Å². The van der Waals surface area contributed by atoms with Crippen LogP contribution in [0.3, 0.4) is 0 Å². The van der Waals surface area contributed by atoms with Gasteiger partial charge in [0.05, 0.1) is 111 Å². The number of fused-ring (bicyclic) bond motifs is 9. The van der Waals surface area contributed by atoms with Crippen LogP contribution in [-0.2, 0) is 0 Å². The molecule has 3 heterocycles. The highest BCUT2D eigenvalue weighted by molar-refractivity contribution is 7.20. The van der Waals surface area contributed by atoms with Gasteiger partial charge in [-0.25, -0.2) is 0 Å². The predicted molar refractivity (Wildman–Crippen MR) is 349 cm³/mol. The second kappa shape index (κ2) is 19.4. The van der Waals surface area contributed by atoms with E-state index in [1.54, 1.807) is 0 Å². The third-order valence-corrected chi connectivity index (χ3v) is 17.3. The maximum atomic E-state index is 11.0. The van der Waals surface area contributed by atoms with Gasteiger partial charge in [0.2, 0.25) is 0 Å². The molecule has 0 radical (unpaired) electrons. The zero-order valence-electron chi connectivity index (χ0n) is 93.8. The minimum Gasteiger partial charge on any atom is -0.309 e. The first kappa shape index (κ1) is 18.2. The number of nitrogens with zero attached hydrogens (tertiary/aromatic N) is 3. The molecule has 16 aromatic rings. The molecule has 3 nitrogen and oxygen atoms in total. The van der Waals surface area contributed by atoms with Crippen molar-refractivity contribution >= 4 is 94.2 Å². The summed E-state index contributed by atoms with van der Waals surface area (Å²) in [5.74, 6) is 0. The zero-order chi connectivity index (χ0) is 100. The molecule has 4 heteroatoms. The first-order valence-electron chi connectivity index (χ1n) is 50.5. The number of aromatic nitrogens is 3. The highest BCUT2D eigenvalue weighted by Gasteiger charge is 2.41. The second-order valence-electron chi connectivity index (χ2n) is 17.5. The van der Waals surface area contributed by atoms with E-state index in [1.807, 2.05) is 0 Å². The SMILES string of the molecule is [2H]c1c([2H])c([2H])c(-c2c([2H])c([2H])c([2H])c(-c3c([2H])c([2H])c(-n4c5c([2H])c([2H])c([2H])c([2H])c5c5c([2H])c(-n6c7c([2H])c([2H])c([2H])c([2H])c7c7c([2H])c(-c8c([2H])c([2H])c([2H])c([2H])c8-n8c9c([2H])c([2H])c([2H])c([2H])c9c9c([2H])c([2H])c([Si](c%10c([2H])c([2H])c([2H])c([2H])c%10[2H])(c%10c([2H])c([2H])c([2H])c([2H])c%10[2H])c%10c([2H])c([2H])c([2H])c([2H])c%10[2H])c([2H])c98)c([2H])c([2H])c76)c([2H])c([2H])c54)c([2H])c3[2H])c2[2H])c([2H])c1[2H]. The smallest absolute Gasteiger partial charge is 0.179 e. The summed E-state index contributed by atoms with van der Waals surface area (Å²) in [6.45, 7) is 0. The average molecular weight is 1110 g/mol. The van der Waals surface area contributed by atoms with E-state index in [1.165, 1.54) is 0 Å². The second-order valence-corrected chi connectivity index (χ2v) is 21.0. The van der Waals surface area contributed by atoms with Crippen LogP contribution in [-0.4, -0.2) is 21.8 Å². The molecule has 0 atom stereocenters. The van der Waals surface area contributed by atoms with Crippen molar-refractivity contribution in [2.24, 2.45) is 0 Å². The van der Waals surface area contributed by atoms with Crippen molar-refractivity contribution in [2.45, 2.75) is 0 Å². The summed E-state index contributed by atoms with van der Waals surface area (Å²) in [6.07, 6.45) is 0. The number of benzene rings is 13. The standard InChI is InChI=1S/C78H53N3Si/c1-5-22-54(23-6-1)56-24-21-25-57(50-56)55-40-43-59(44-41-55)79-73-37-18-16-35-68(73)71-52-60(45-49-77(71)79)80-74-38-19-15-34-67(74)70-51-58(42-48-76(70)80)65-32-13-17-36-72(65)81-75-39-20-14-33-66(75)69-47-46-64(53-78(69)81)82(61-26-7-2-8-27-61,62-28-9-3-10-29-62)63-30-11-4-12-31-63/h1-53H/i1D,2D,3D,4D,5D,6D,7D,8D,9D,10D,11D,12D,13D,14D,15D,16D,17D,18D,19D,20D,21D,22D,23D,24D,25D,26D,27D,28D,29D,30D,31D,32D,33D,34D,35D,36D,37D,38D,39D,40D,41D,42D,43D,44D,45D,46D,47D,48D,49D,50D,51D,52D,53D. The molecule has 0 saturated heterocycles. The maximum Gasteiger partial charge on any atom is 0.179 e. The Kier molecular flexibility index (Phi) is 4.31. The molecule has 0 N–H and O–H groups in total. The van der Waals surface area contributed by atoms with E-state index in [-0.39, 0.29) is 0 Å². The Morgan fingerprint density at radius 2 is 0.634 bits per heavy atom. The number of para-hydroxylation sites is 4. The van der Waals surface area contributed by atoms with Gasteiger partial charge in [0.1, 0.15) is 0 Å². The van der Waals surface area contributed by atoms with Crippen LogP contribution in [0.15, 0.2) is 320 Å². The van der Waals surface area contributed by atoms with Crippen molar-refractivity contribution in [2.75, 3.05) is 0 Å². The molecule has 0 bridgehead atoms. The van der Waals surface area contributed by atoms with E-state index in [0.717, 1.165) is 0 Å². The Balaban J connectivity index is 1.07. The Morgan fingerprint density at radius 3 is 1.24 bits per heavy atom. The van der Waals surface area contributed by atoms with E-state index in [0.29, 0.717) is 13.7 Å². The molecule has 0 amide bonds. The summed E-state index contributed by atoms with van der Waals surface area (Å²) < 4.78 is 504. The molecule has 0 unspecified atom stereocenters. The Hall–Kier alpha value is -10.5. The van der Waals surface area contributed by atoms with Crippen LogP contribution in [0, 0.1) is 0 Å². The lowest BCUT2D eigenvalue weighted by Gasteiger charge is -2.34. The molecule has 0 saturated carbocycles. The van der Waals surface area contributed by atoms with E-state index in [9.17, 15) is 43.9 Å². The van der Waals surface area contributed by atoms with Crippen LogP contribution in [0.1, 0.15) is 72.7 Å². The molecule has 0 aliphatic heterocycles. The monoisotopic (exact) mass is 1110 g/mol.